The molecule has 2 aromatic rings. The molecule has 1 saturated carbocycles. The standard InChI is InChI=1S/C22H24F2O/c1-2-3-15-4-6-16(7-5-15)17-8-10-18(11-9-17)19-12-21(23)20(14-25)22(24)13-19/h8-16H,2-7H2,1H3. The first-order chi connectivity index (χ1) is 12.1. The van der Waals surface area contributed by atoms with Gasteiger partial charge >= 0.3 is 0 Å². The van der Waals surface area contributed by atoms with E-state index in [9.17, 15) is 13.6 Å². The third-order valence-corrected chi connectivity index (χ3v) is 5.46. The quantitative estimate of drug-likeness (QED) is 0.565. The fraction of sp³-hybridized carbons (Fsp3) is 0.409. The Labute approximate surface area is 148 Å². The summed E-state index contributed by atoms with van der Waals surface area (Å²) in [5.41, 5.74) is 2.02. The minimum absolute atomic E-state index is 0.215. The molecule has 0 N–H and O–H groups in total. The number of rotatable bonds is 5. The summed E-state index contributed by atoms with van der Waals surface area (Å²) in [7, 11) is 0. The molecule has 0 amide bonds. The molecule has 1 fully saturated rings. The normalized spacial score (nSPS) is 20.4. The molecule has 25 heavy (non-hydrogen) atoms. The van der Waals surface area contributed by atoms with Crippen molar-refractivity contribution in [3.8, 4) is 11.1 Å². The molecule has 3 rings (SSSR count). The van der Waals surface area contributed by atoms with Crippen molar-refractivity contribution in [2.24, 2.45) is 5.92 Å². The van der Waals surface area contributed by atoms with Crippen LogP contribution in [0.3, 0.4) is 0 Å². The molecule has 0 spiro atoms. The van der Waals surface area contributed by atoms with E-state index in [4.69, 9.17) is 0 Å². The van der Waals surface area contributed by atoms with Crippen LogP contribution in [0.4, 0.5) is 8.78 Å². The van der Waals surface area contributed by atoms with Crippen LogP contribution in [0.2, 0.25) is 0 Å². The molecule has 0 saturated heterocycles. The van der Waals surface area contributed by atoms with Crippen LogP contribution in [-0.4, -0.2) is 6.29 Å². The highest BCUT2D eigenvalue weighted by atomic mass is 19.1. The van der Waals surface area contributed by atoms with Gasteiger partial charge in [0.25, 0.3) is 0 Å². The molecule has 0 aliphatic heterocycles. The van der Waals surface area contributed by atoms with E-state index in [2.05, 4.69) is 19.1 Å². The maximum Gasteiger partial charge on any atom is 0.155 e. The highest BCUT2D eigenvalue weighted by molar-refractivity contribution is 5.78. The number of hydrogen-bond acceptors (Lipinski definition) is 1. The average molecular weight is 342 g/mol. The monoisotopic (exact) mass is 342 g/mol. The van der Waals surface area contributed by atoms with Gasteiger partial charge in [-0.1, -0.05) is 44.0 Å². The van der Waals surface area contributed by atoms with Gasteiger partial charge in [0.1, 0.15) is 11.6 Å². The molecule has 1 nitrogen and oxygen atoms in total. The van der Waals surface area contributed by atoms with E-state index in [1.807, 2.05) is 12.1 Å². The highest BCUT2D eigenvalue weighted by Crippen LogP contribution is 2.38. The first-order valence-corrected chi connectivity index (χ1v) is 9.17. The van der Waals surface area contributed by atoms with E-state index >= 15 is 0 Å². The number of benzene rings is 2. The lowest BCUT2D eigenvalue weighted by molar-refractivity contribution is 0.111. The number of carbonyl (C=O) groups excluding carboxylic acids is 1. The molecule has 132 valence electrons. The molecule has 0 aromatic heterocycles. The van der Waals surface area contributed by atoms with Crippen molar-refractivity contribution in [3.05, 3.63) is 59.2 Å². The lowest BCUT2D eigenvalue weighted by Crippen LogP contribution is -2.13. The molecule has 1 aliphatic rings. The van der Waals surface area contributed by atoms with E-state index in [0.717, 1.165) is 11.5 Å². The first-order valence-electron chi connectivity index (χ1n) is 9.17. The maximum atomic E-state index is 13.8. The Balaban J connectivity index is 1.74. The average Bonchev–Trinajstić information content (AvgIpc) is 2.62. The van der Waals surface area contributed by atoms with Gasteiger partial charge < -0.3 is 0 Å². The SMILES string of the molecule is CCCC1CCC(c2ccc(-c3cc(F)c(C=O)c(F)c3)cc2)CC1. The Morgan fingerprint density at radius 3 is 2.08 bits per heavy atom. The first kappa shape index (κ1) is 17.8. The Bertz CT molecular complexity index is 705. The van der Waals surface area contributed by atoms with Crippen molar-refractivity contribution in [2.75, 3.05) is 0 Å². The van der Waals surface area contributed by atoms with Gasteiger partial charge in [0.15, 0.2) is 6.29 Å². The molecule has 0 bridgehead atoms. The molecule has 2 aromatic carbocycles. The van der Waals surface area contributed by atoms with Crippen LogP contribution in [0.1, 0.15) is 67.3 Å². The van der Waals surface area contributed by atoms with E-state index in [1.54, 1.807) is 0 Å². The Hall–Kier alpha value is -2.03. The van der Waals surface area contributed by atoms with Crippen molar-refractivity contribution >= 4 is 6.29 Å². The zero-order chi connectivity index (χ0) is 17.8. The van der Waals surface area contributed by atoms with Gasteiger partial charge in [-0.05, 0) is 66.3 Å². The third kappa shape index (κ3) is 3.97. The summed E-state index contributed by atoms with van der Waals surface area (Å²) >= 11 is 0. The predicted octanol–water partition coefficient (Wildman–Crippen LogP) is 6.52. The number of hydrogen-bond donors (Lipinski definition) is 0. The molecule has 1 aliphatic carbocycles. The smallest absolute Gasteiger partial charge is 0.155 e. The zero-order valence-electron chi connectivity index (χ0n) is 14.6. The predicted molar refractivity (Wildman–Crippen MR) is 96.8 cm³/mol. The summed E-state index contributed by atoms with van der Waals surface area (Å²) in [6.45, 7) is 2.25. The molecule has 0 radical (unpaired) electrons. The number of carbonyl (C=O) groups is 1. The van der Waals surface area contributed by atoms with Gasteiger partial charge in [-0.25, -0.2) is 8.78 Å². The minimum atomic E-state index is -0.816. The molecular formula is C22H24F2O. The molecular weight excluding hydrogens is 318 g/mol. The van der Waals surface area contributed by atoms with Crippen molar-refractivity contribution in [1.82, 2.24) is 0 Å². The second-order valence-corrected chi connectivity index (χ2v) is 7.10. The van der Waals surface area contributed by atoms with Crippen LogP contribution >= 0.6 is 0 Å². The lowest BCUT2D eigenvalue weighted by Gasteiger charge is -2.28. The van der Waals surface area contributed by atoms with Crippen LogP contribution in [-0.2, 0) is 0 Å². The van der Waals surface area contributed by atoms with Crippen molar-refractivity contribution in [3.63, 3.8) is 0 Å². The molecule has 3 heteroatoms. The Morgan fingerprint density at radius 1 is 0.960 bits per heavy atom. The number of aldehydes is 1. The molecule has 0 atom stereocenters. The fourth-order valence-corrected chi connectivity index (χ4v) is 4.00. The summed E-state index contributed by atoms with van der Waals surface area (Å²) in [6, 6.07) is 10.4. The van der Waals surface area contributed by atoms with Gasteiger partial charge in [0.2, 0.25) is 0 Å². The van der Waals surface area contributed by atoms with E-state index in [-0.39, 0.29) is 6.29 Å². The maximum absolute atomic E-state index is 13.8. The minimum Gasteiger partial charge on any atom is -0.298 e. The summed E-state index contributed by atoms with van der Waals surface area (Å²) in [5, 5.41) is 0. The molecule has 0 heterocycles. The van der Waals surface area contributed by atoms with Crippen LogP contribution in [0.25, 0.3) is 11.1 Å². The fourth-order valence-electron chi connectivity index (χ4n) is 4.00. The van der Waals surface area contributed by atoms with Crippen molar-refractivity contribution in [2.45, 2.75) is 51.4 Å². The van der Waals surface area contributed by atoms with E-state index in [1.165, 1.54) is 56.2 Å². The van der Waals surface area contributed by atoms with Gasteiger partial charge in [-0.2, -0.15) is 0 Å². The lowest BCUT2D eigenvalue weighted by atomic mass is 9.77. The van der Waals surface area contributed by atoms with Gasteiger partial charge in [-0.15, -0.1) is 0 Å². The summed E-state index contributed by atoms with van der Waals surface area (Å²) in [6.07, 6.45) is 7.85. The number of halogens is 2. The van der Waals surface area contributed by atoms with E-state index in [0.29, 0.717) is 11.5 Å². The van der Waals surface area contributed by atoms with Crippen LogP contribution in [0.15, 0.2) is 36.4 Å². The summed E-state index contributed by atoms with van der Waals surface area (Å²) in [4.78, 5) is 10.7. The van der Waals surface area contributed by atoms with Gasteiger partial charge in [-0.3, -0.25) is 4.79 Å². The second-order valence-electron chi connectivity index (χ2n) is 7.10. The van der Waals surface area contributed by atoms with Gasteiger partial charge in [0.05, 0.1) is 5.56 Å². The summed E-state index contributed by atoms with van der Waals surface area (Å²) in [5.74, 6) is -0.164. The third-order valence-electron chi connectivity index (χ3n) is 5.46. The summed E-state index contributed by atoms with van der Waals surface area (Å²) < 4.78 is 27.6. The Kier molecular flexibility index (Phi) is 5.62. The second kappa shape index (κ2) is 7.90. The Morgan fingerprint density at radius 2 is 1.56 bits per heavy atom. The van der Waals surface area contributed by atoms with Crippen LogP contribution < -0.4 is 0 Å². The highest BCUT2D eigenvalue weighted by Gasteiger charge is 2.21. The zero-order valence-corrected chi connectivity index (χ0v) is 14.6. The largest absolute Gasteiger partial charge is 0.298 e. The van der Waals surface area contributed by atoms with E-state index < -0.39 is 17.2 Å². The van der Waals surface area contributed by atoms with Crippen LogP contribution in [0, 0.1) is 17.6 Å². The molecule has 0 unspecified atom stereocenters. The topological polar surface area (TPSA) is 17.1 Å². The van der Waals surface area contributed by atoms with Gasteiger partial charge in [0, 0.05) is 0 Å². The van der Waals surface area contributed by atoms with Crippen molar-refractivity contribution < 1.29 is 13.6 Å². The van der Waals surface area contributed by atoms with Crippen molar-refractivity contribution in [1.29, 1.82) is 0 Å². The van der Waals surface area contributed by atoms with Crippen LogP contribution in [0.5, 0.6) is 0 Å².